The molecule has 0 aromatic rings. The quantitative estimate of drug-likeness (QED) is 0.0476. The van der Waals surface area contributed by atoms with Gasteiger partial charge in [0.1, 0.15) is 12.6 Å². The summed E-state index contributed by atoms with van der Waals surface area (Å²) in [5.41, 5.74) is 0. The lowest BCUT2D eigenvalue weighted by Gasteiger charge is -2.34. The molecule has 0 rings (SSSR count). The number of carboxylic acid groups (broad SMARTS) is 1. The number of aliphatic carboxylic acids is 1. The van der Waals surface area contributed by atoms with Crippen molar-refractivity contribution in [2.45, 2.75) is 167 Å². The lowest BCUT2D eigenvalue weighted by atomic mass is 10.1. The molecule has 0 aromatic carbocycles. The molecule has 0 heterocycles. The topological polar surface area (TPSA) is 102 Å². The van der Waals surface area contributed by atoms with Crippen LogP contribution >= 0.6 is 0 Å². The van der Waals surface area contributed by atoms with Crippen LogP contribution in [-0.2, 0) is 28.6 Å². The summed E-state index contributed by atoms with van der Waals surface area (Å²) in [7, 11) is 5.39. The van der Waals surface area contributed by atoms with Gasteiger partial charge in [0.25, 0.3) is 0 Å². The molecule has 8 heteroatoms. The van der Waals surface area contributed by atoms with Gasteiger partial charge in [0.2, 0.25) is 0 Å². The van der Waals surface area contributed by atoms with E-state index in [2.05, 4.69) is 13.8 Å². The maximum Gasteiger partial charge on any atom is 0.306 e. The minimum absolute atomic E-state index is 0.0476. The van der Waals surface area contributed by atoms with Gasteiger partial charge in [-0.05, 0) is 12.8 Å². The number of hydrogen-bond acceptors (Lipinski definition) is 7. The predicted molar refractivity (Wildman–Crippen MR) is 171 cm³/mol. The summed E-state index contributed by atoms with van der Waals surface area (Å²) < 4.78 is 17.0. The SMILES string of the molecule is CCCCCCCCCCCCCC(=O)OC(COCCC(C(=O)[O-])[N+](C)(C)C)COC(=O)CCCCCCCCCC. The van der Waals surface area contributed by atoms with E-state index >= 15 is 0 Å². The average molecular weight is 614 g/mol. The Morgan fingerprint density at radius 1 is 0.605 bits per heavy atom. The number of carboxylic acids is 1. The second-order valence-electron chi connectivity index (χ2n) is 13.1. The highest BCUT2D eigenvalue weighted by molar-refractivity contribution is 5.70. The van der Waals surface area contributed by atoms with Crippen molar-refractivity contribution in [2.24, 2.45) is 0 Å². The molecular weight excluding hydrogens is 546 g/mol. The van der Waals surface area contributed by atoms with Crippen molar-refractivity contribution >= 4 is 17.9 Å². The molecule has 0 aliphatic heterocycles. The van der Waals surface area contributed by atoms with E-state index in [1.54, 1.807) is 21.1 Å². The van der Waals surface area contributed by atoms with Crippen LogP contribution < -0.4 is 5.11 Å². The molecule has 2 atom stereocenters. The van der Waals surface area contributed by atoms with Gasteiger partial charge in [-0.1, -0.05) is 123 Å². The number of rotatable bonds is 31. The Hall–Kier alpha value is -1.67. The second-order valence-corrected chi connectivity index (χ2v) is 13.1. The number of hydrogen-bond donors (Lipinski definition) is 0. The zero-order valence-electron chi connectivity index (χ0n) is 28.6. The summed E-state index contributed by atoms with van der Waals surface area (Å²) in [6, 6.07) is -0.716. The summed E-state index contributed by atoms with van der Waals surface area (Å²) in [5, 5.41) is 11.5. The van der Waals surface area contributed by atoms with Gasteiger partial charge in [0.05, 0.1) is 40.3 Å². The number of likely N-dealkylation sites (N-methyl/N-ethyl adjacent to an activating group) is 1. The van der Waals surface area contributed by atoms with Crippen molar-refractivity contribution in [3.8, 4) is 0 Å². The van der Waals surface area contributed by atoms with Crippen molar-refractivity contribution < 1.29 is 38.2 Å². The van der Waals surface area contributed by atoms with Crippen molar-refractivity contribution in [3.05, 3.63) is 0 Å². The smallest absolute Gasteiger partial charge is 0.306 e. The van der Waals surface area contributed by atoms with Gasteiger partial charge in [-0.2, -0.15) is 0 Å². The monoisotopic (exact) mass is 613 g/mol. The van der Waals surface area contributed by atoms with Crippen LogP contribution in [0.1, 0.15) is 155 Å². The first-order valence-electron chi connectivity index (χ1n) is 17.6. The van der Waals surface area contributed by atoms with E-state index in [1.165, 1.54) is 83.5 Å². The van der Waals surface area contributed by atoms with Crippen molar-refractivity contribution in [1.29, 1.82) is 0 Å². The molecule has 254 valence electrons. The van der Waals surface area contributed by atoms with Gasteiger partial charge in [-0.25, -0.2) is 0 Å². The van der Waals surface area contributed by atoms with E-state index in [4.69, 9.17) is 14.2 Å². The first kappa shape index (κ1) is 41.3. The van der Waals surface area contributed by atoms with Crippen LogP contribution in [0.15, 0.2) is 0 Å². The normalized spacial score (nSPS) is 13.0. The number of unbranched alkanes of at least 4 members (excludes halogenated alkanes) is 17. The summed E-state index contributed by atoms with van der Waals surface area (Å²) in [6.07, 6.45) is 22.7. The van der Waals surface area contributed by atoms with E-state index < -0.39 is 18.1 Å². The Kier molecular flexibility index (Phi) is 26.8. The predicted octanol–water partition coefficient (Wildman–Crippen LogP) is 6.90. The van der Waals surface area contributed by atoms with Gasteiger partial charge in [-0.3, -0.25) is 9.59 Å². The highest BCUT2D eigenvalue weighted by Crippen LogP contribution is 2.14. The molecule has 0 bridgehead atoms. The van der Waals surface area contributed by atoms with Crippen LogP contribution in [0, 0.1) is 0 Å². The molecule has 0 N–H and O–H groups in total. The van der Waals surface area contributed by atoms with Crippen molar-refractivity contribution in [2.75, 3.05) is 41.0 Å². The van der Waals surface area contributed by atoms with E-state index in [1.807, 2.05) is 0 Å². The van der Waals surface area contributed by atoms with Gasteiger partial charge < -0.3 is 28.6 Å². The average Bonchev–Trinajstić information content (AvgIpc) is 2.94. The van der Waals surface area contributed by atoms with E-state index in [9.17, 15) is 19.5 Å². The highest BCUT2D eigenvalue weighted by Gasteiger charge is 2.25. The molecule has 2 unspecified atom stereocenters. The van der Waals surface area contributed by atoms with E-state index in [0.717, 1.165) is 38.5 Å². The third-order valence-electron chi connectivity index (χ3n) is 7.99. The maximum atomic E-state index is 12.6. The molecule has 0 aliphatic rings. The molecule has 0 saturated carbocycles. The number of carbonyl (C=O) groups excluding carboxylic acids is 3. The van der Waals surface area contributed by atoms with Crippen LogP contribution in [0.2, 0.25) is 0 Å². The molecular formula is C35H67NO7. The molecule has 0 aromatic heterocycles. The molecule has 0 radical (unpaired) electrons. The molecule has 8 nitrogen and oxygen atoms in total. The number of carbonyl (C=O) groups is 3. The zero-order valence-corrected chi connectivity index (χ0v) is 28.6. The van der Waals surface area contributed by atoms with Crippen LogP contribution in [0.5, 0.6) is 0 Å². The highest BCUT2D eigenvalue weighted by atomic mass is 16.6. The fourth-order valence-corrected chi connectivity index (χ4v) is 5.19. The van der Waals surface area contributed by atoms with Gasteiger partial charge in [0.15, 0.2) is 6.10 Å². The minimum atomic E-state index is -1.12. The Bertz CT molecular complexity index is 692. The van der Waals surface area contributed by atoms with Crippen LogP contribution in [0.4, 0.5) is 0 Å². The minimum Gasteiger partial charge on any atom is -0.544 e. The van der Waals surface area contributed by atoms with Gasteiger partial charge in [-0.15, -0.1) is 0 Å². The van der Waals surface area contributed by atoms with Crippen LogP contribution in [0.25, 0.3) is 0 Å². The Balaban J connectivity index is 4.45. The fraction of sp³-hybridized carbons (Fsp3) is 0.914. The van der Waals surface area contributed by atoms with Gasteiger partial charge in [0, 0.05) is 19.3 Å². The molecule has 0 saturated heterocycles. The fourth-order valence-electron chi connectivity index (χ4n) is 5.19. The zero-order chi connectivity index (χ0) is 32.2. The summed E-state index contributed by atoms with van der Waals surface area (Å²) in [4.78, 5) is 36.4. The lowest BCUT2D eigenvalue weighted by molar-refractivity contribution is -0.889. The lowest BCUT2D eigenvalue weighted by Crippen LogP contribution is -2.55. The first-order chi connectivity index (χ1) is 20.6. The molecule has 0 aliphatic carbocycles. The van der Waals surface area contributed by atoms with Crippen molar-refractivity contribution in [3.63, 3.8) is 0 Å². The maximum absolute atomic E-state index is 12.6. The molecule has 0 spiro atoms. The van der Waals surface area contributed by atoms with Crippen LogP contribution in [-0.4, -0.2) is 75.5 Å². The van der Waals surface area contributed by atoms with Crippen LogP contribution in [0.3, 0.4) is 0 Å². The Labute approximate surface area is 264 Å². The molecule has 43 heavy (non-hydrogen) atoms. The Morgan fingerprint density at radius 3 is 1.44 bits per heavy atom. The third kappa shape index (κ3) is 26.5. The summed E-state index contributed by atoms with van der Waals surface area (Å²) in [6.45, 7) is 4.61. The number of quaternary nitrogens is 1. The number of esters is 2. The van der Waals surface area contributed by atoms with Crippen molar-refractivity contribution in [1.82, 2.24) is 0 Å². The third-order valence-corrected chi connectivity index (χ3v) is 7.99. The standard InChI is InChI=1S/C35H67NO7/c1-6-8-10-12-14-16-17-18-20-22-24-26-34(38)43-31(29-41-28-27-32(35(39)40)36(3,4)5)30-42-33(37)25-23-21-19-15-13-11-9-7-2/h31-32H,6-30H2,1-5H3. The second kappa shape index (κ2) is 27.8. The first-order valence-corrected chi connectivity index (χ1v) is 17.6. The van der Waals surface area contributed by atoms with E-state index in [-0.39, 0.29) is 42.7 Å². The molecule has 0 amide bonds. The Morgan fingerprint density at radius 2 is 1.02 bits per heavy atom. The summed E-state index contributed by atoms with van der Waals surface area (Å²) in [5.74, 6) is -1.73. The number of ether oxygens (including phenoxy) is 3. The van der Waals surface area contributed by atoms with Gasteiger partial charge >= 0.3 is 11.9 Å². The largest absolute Gasteiger partial charge is 0.544 e. The number of nitrogens with zero attached hydrogens (tertiary/aromatic N) is 1. The summed E-state index contributed by atoms with van der Waals surface area (Å²) >= 11 is 0. The van der Waals surface area contributed by atoms with E-state index in [0.29, 0.717) is 12.8 Å². The molecule has 0 fully saturated rings.